The first-order chi connectivity index (χ1) is 5.56. The number of hydrogen-bond acceptors (Lipinski definition) is 1. The van der Waals surface area contributed by atoms with Crippen LogP contribution in [0.25, 0.3) is 0 Å². The molecule has 4 heteroatoms. The fourth-order valence-electron chi connectivity index (χ4n) is 1.00. The number of rotatable bonds is 6. The summed E-state index contributed by atoms with van der Waals surface area (Å²) < 4.78 is -1.06. The SMILES string of the molecule is NCCCCCCCC(Cl)(Cl)Cl. The summed E-state index contributed by atoms with van der Waals surface area (Å²) in [6, 6.07) is 0. The van der Waals surface area contributed by atoms with Gasteiger partial charge in [0.2, 0.25) is 0 Å². The second kappa shape index (κ2) is 7.25. The Balaban J connectivity index is 3.01. The highest BCUT2D eigenvalue weighted by Crippen LogP contribution is 2.32. The van der Waals surface area contributed by atoms with Gasteiger partial charge in [-0.2, -0.15) is 0 Å². The van der Waals surface area contributed by atoms with Crippen molar-refractivity contribution in [1.29, 1.82) is 0 Å². The lowest BCUT2D eigenvalue weighted by molar-refractivity contribution is 0.602. The van der Waals surface area contributed by atoms with Crippen molar-refractivity contribution < 1.29 is 0 Å². The highest BCUT2D eigenvalue weighted by Gasteiger charge is 2.17. The van der Waals surface area contributed by atoms with Crippen molar-refractivity contribution in [3.8, 4) is 0 Å². The van der Waals surface area contributed by atoms with Crippen molar-refractivity contribution in [2.75, 3.05) is 6.54 Å². The molecule has 0 saturated heterocycles. The van der Waals surface area contributed by atoms with Gasteiger partial charge in [0.1, 0.15) is 0 Å². The molecular formula is C8H16Cl3N. The van der Waals surface area contributed by atoms with E-state index < -0.39 is 3.79 Å². The number of unbranched alkanes of at least 4 members (excludes halogenated alkanes) is 4. The van der Waals surface area contributed by atoms with E-state index in [1.807, 2.05) is 0 Å². The first-order valence-corrected chi connectivity index (χ1v) is 5.46. The zero-order valence-corrected chi connectivity index (χ0v) is 9.43. The van der Waals surface area contributed by atoms with Crippen molar-refractivity contribution in [3.63, 3.8) is 0 Å². The highest BCUT2D eigenvalue weighted by molar-refractivity contribution is 6.67. The van der Waals surface area contributed by atoms with E-state index in [0.717, 1.165) is 25.8 Å². The van der Waals surface area contributed by atoms with Crippen molar-refractivity contribution in [3.05, 3.63) is 0 Å². The van der Waals surface area contributed by atoms with E-state index in [1.165, 1.54) is 12.8 Å². The molecule has 0 aromatic rings. The molecule has 0 aromatic carbocycles. The van der Waals surface area contributed by atoms with Crippen LogP contribution in [-0.4, -0.2) is 10.3 Å². The minimum atomic E-state index is -1.06. The Morgan fingerprint density at radius 3 is 1.83 bits per heavy atom. The van der Waals surface area contributed by atoms with Gasteiger partial charge in [0.15, 0.2) is 3.79 Å². The topological polar surface area (TPSA) is 26.0 Å². The molecule has 0 radical (unpaired) electrons. The van der Waals surface area contributed by atoms with Crippen molar-refractivity contribution in [2.24, 2.45) is 5.73 Å². The fraction of sp³-hybridized carbons (Fsp3) is 1.00. The molecule has 1 nitrogen and oxygen atoms in total. The summed E-state index contributed by atoms with van der Waals surface area (Å²) in [5.74, 6) is 0. The summed E-state index contributed by atoms with van der Waals surface area (Å²) in [6.07, 6.45) is 6.26. The van der Waals surface area contributed by atoms with Crippen LogP contribution in [0.1, 0.15) is 38.5 Å². The molecule has 0 aliphatic rings. The second-order valence-electron chi connectivity index (χ2n) is 2.92. The quantitative estimate of drug-likeness (QED) is 0.549. The van der Waals surface area contributed by atoms with Crippen LogP contribution in [0.4, 0.5) is 0 Å². The molecule has 0 heterocycles. The average Bonchev–Trinajstić information content (AvgIpc) is 1.94. The Labute approximate surface area is 89.5 Å². The van der Waals surface area contributed by atoms with E-state index in [0.29, 0.717) is 6.42 Å². The fourth-order valence-corrected chi connectivity index (χ4v) is 1.40. The van der Waals surface area contributed by atoms with E-state index in [1.54, 1.807) is 0 Å². The third kappa shape index (κ3) is 10.8. The van der Waals surface area contributed by atoms with Crippen LogP contribution in [-0.2, 0) is 0 Å². The predicted octanol–water partition coefficient (Wildman–Crippen LogP) is 3.66. The molecule has 0 aliphatic carbocycles. The number of hydrogen-bond donors (Lipinski definition) is 1. The summed E-state index contributed by atoms with van der Waals surface area (Å²) in [4.78, 5) is 0. The van der Waals surface area contributed by atoms with E-state index in [9.17, 15) is 0 Å². The van der Waals surface area contributed by atoms with Crippen LogP contribution in [0.3, 0.4) is 0 Å². The van der Waals surface area contributed by atoms with Crippen molar-refractivity contribution >= 4 is 34.8 Å². The molecule has 0 saturated carbocycles. The van der Waals surface area contributed by atoms with Gasteiger partial charge in [0.05, 0.1) is 0 Å². The lowest BCUT2D eigenvalue weighted by Gasteiger charge is -2.09. The molecule has 12 heavy (non-hydrogen) atoms. The minimum Gasteiger partial charge on any atom is -0.330 e. The molecular weight excluding hydrogens is 216 g/mol. The molecule has 0 unspecified atom stereocenters. The van der Waals surface area contributed by atoms with Crippen LogP contribution in [0.5, 0.6) is 0 Å². The maximum Gasteiger partial charge on any atom is 0.190 e. The van der Waals surface area contributed by atoms with E-state index in [2.05, 4.69) is 0 Å². The third-order valence-electron chi connectivity index (χ3n) is 1.66. The van der Waals surface area contributed by atoms with Gasteiger partial charge in [-0.15, -0.1) is 0 Å². The summed E-state index contributed by atoms with van der Waals surface area (Å²) in [7, 11) is 0. The lowest BCUT2D eigenvalue weighted by Crippen LogP contribution is -2.01. The van der Waals surface area contributed by atoms with Crippen LogP contribution >= 0.6 is 34.8 Å². The van der Waals surface area contributed by atoms with Gasteiger partial charge in [0, 0.05) is 0 Å². The molecule has 0 aliphatic heterocycles. The van der Waals surface area contributed by atoms with Gasteiger partial charge in [-0.1, -0.05) is 54.1 Å². The Morgan fingerprint density at radius 1 is 0.833 bits per heavy atom. The molecule has 0 rings (SSSR count). The maximum atomic E-state index is 5.58. The Hall–Kier alpha value is 0.830. The molecule has 74 valence electrons. The van der Waals surface area contributed by atoms with Crippen LogP contribution in [0.2, 0.25) is 0 Å². The minimum absolute atomic E-state index is 0.653. The highest BCUT2D eigenvalue weighted by atomic mass is 35.6. The van der Waals surface area contributed by atoms with Gasteiger partial charge in [-0.05, 0) is 25.8 Å². The normalized spacial score (nSPS) is 12.0. The van der Waals surface area contributed by atoms with Gasteiger partial charge >= 0.3 is 0 Å². The van der Waals surface area contributed by atoms with E-state index >= 15 is 0 Å². The molecule has 0 aromatic heterocycles. The van der Waals surface area contributed by atoms with E-state index in [4.69, 9.17) is 40.5 Å². The Morgan fingerprint density at radius 2 is 1.33 bits per heavy atom. The summed E-state index contributed by atoms with van der Waals surface area (Å²) in [5, 5.41) is 0. The molecule has 0 bridgehead atoms. The second-order valence-corrected chi connectivity index (χ2v) is 5.44. The number of nitrogens with two attached hydrogens (primary N) is 1. The number of halogens is 3. The average molecular weight is 233 g/mol. The predicted molar refractivity (Wildman–Crippen MR) is 57.0 cm³/mol. The Kier molecular flexibility index (Phi) is 7.76. The summed E-state index contributed by atoms with van der Waals surface area (Å²) in [6.45, 7) is 0.782. The van der Waals surface area contributed by atoms with Gasteiger partial charge in [-0.3, -0.25) is 0 Å². The first kappa shape index (κ1) is 12.8. The lowest BCUT2D eigenvalue weighted by atomic mass is 10.1. The largest absolute Gasteiger partial charge is 0.330 e. The molecule has 2 N–H and O–H groups in total. The van der Waals surface area contributed by atoms with Gasteiger partial charge in [0.25, 0.3) is 0 Å². The van der Waals surface area contributed by atoms with Crippen molar-refractivity contribution in [1.82, 2.24) is 0 Å². The molecule has 0 spiro atoms. The van der Waals surface area contributed by atoms with E-state index in [-0.39, 0.29) is 0 Å². The first-order valence-electron chi connectivity index (χ1n) is 4.33. The van der Waals surface area contributed by atoms with Crippen LogP contribution in [0.15, 0.2) is 0 Å². The monoisotopic (exact) mass is 231 g/mol. The van der Waals surface area contributed by atoms with Gasteiger partial charge < -0.3 is 5.73 Å². The smallest absolute Gasteiger partial charge is 0.190 e. The van der Waals surface area contributed by atoms with Crippen LogP contribution in [0, 0.1) is 0 Å². The molecule has 0 amide bonds. The maximum absolute atomic E-state index is 5.58. The number of alkyl halides is 3. The van der Waals surface area contributed by atoms with Crippen molar-refractivity contribution in [2.45, 2.75) is 42.3 Å². The molecule has 0 fully saturated rings. The summed E-state index contributed by atoms with van der Waals surface area (Å²) >= 11 is 16.8. The summed E-state index contributed by atoms with van der Waals surface area (Å²) in [5.41, 5.74) is 5.35. The van der Waals surface area contributed by atoms with Gasteiger partial charge in [-0.25, -0.2) is 0 Å². The zero-order chi connectivity index (χ0) is 9.45. The Bertz CT molecular complexity index is 101. The standard InChI is InChI=1S/C8H16Cl3N/c9-8(10,11)6-4-2-1-3-5-7-12/h1-7,12H2. The third-order valence-corrected chi connectivity index (χ3v) is 2.23. The molecule has 0 atom stereocenters. The van der Waals surface area contributed by atoms with Crippen LogP contribution < -0.4 is 5.73 Å². The zero-order valence-electron chi connectivity index (χ0n) is 7.16.